The van der Waals surface area contributed by atoms with E-state index in [0.29, 0.717) is 34.0 Å². The summed E-state index contributed by atoms with van der Waals surface area (Å²) in [6, 6.07) is 5.39. The number of hydrogen-bond acceptors (Lipinski definition) is 7. The Morgan fingerprint density at radius 3 is 3.03 bits per heavy atom. The van der Waals surface area contributed by atoms with Crippen molar-refractivity contribution in [3.63, 3.8) is 0 Å². The van der Waals surface area contributed by atoms with Crippen LogP contribution in [0.3, 0.4) is 0 Å². The molecule has 0 spiro atoms. The van der Waals surface area contributed by atoms with E-state index in [2.05, 4.69) is 16.9 Å². The van der Waals surface area contributed by atoms with Gasteiger partial charge in [0.2, 0.25) is 0 Å². The number of aryl methyl sites for hydroxylation is 2. The Morgan fingerprint density at radius 1 is 1.31 bits per heavy atom. The summed E-state index contributed by atoms with van der Waals surface area (Å²) < 4.78 is 1.57. The first-order chi connectivity index (χ1) is 14.0. The lowest BCUT2D eigenvalue weighted by atomic mass is 9.89. The summed E-state index contributed by atoms with van der Waals surface area (Å²) in [5, 5.41) is 1.67. The molecule has 2 N–H and O–H groups in total. The smallest absolute Gasteiger partial charge is 0.258 e. The van der Waals surface area contributed by atoms with E-state index in [4.69, 9.17) is 10.7 Å². The maximum atomic E-state index is 12.4. The topological polar surface area (TPSA) is 86.2 Å². The Kier molecular flexibility index (Phi) is 4.55. The van der Waals surface area contributed by atoms with Crippen LogP contribution in [-0.2, 0) is 18.6 Å². The first kappa shape index (κ1) is 18.6. The molecule has 1 atom stereocenters. The Bertz CT molecular complexity index is 1310. The lowest BCUT2D eigenvalue weighted by Gasteiger charge is -2.17. The molecule has 1 aliphatic carbocycles. The molecule has 0 aromatic carbocycles. The first-order valence-electron chi connectivity index (χ1n) is 9.67. The minimum atomic E-state index is -0.0785. The number of thioether (sulfide) groups is 1. The molecule has 0 fully saturated rings. The molecule has 8 heteroatoms. The highest BCUT2D eigenvalue weighted by atomic mass is 32.2. The van der Waals surface area contributed by atoms with Gasteiger partial charge in [0.15, 0.2) is 5.16 Å². The number of nitrogens with zero attached hydrogens (tertiary/aromatic N) is 4. The molecule has 0 saturated heterocycles. The molecule has 0 aliphatic heterocycles. The number of pyridine rings is 1. The fraction of sp³-hybridized carbons (Fsp3) is 0.333. The molecular weight excluding hydrogens is 402 g/mol. The van der Waals surface area contributed by atoms with Crippen LogP contribution < -0.4 is 11.3 Å². The number of fused-ring (bicyclic) bond motifs is 4. The van der Waals surface area contributed by atoms with Crippen molar-refractivity contribution in [2.24, 2.45) is 5.92 Å². The third kappa shape index (κ3) is 3.40. The van der Waals surface area contributed by atoms with Gasteiger partial charge in [0.25, 0.3) is 5.56 Å². The number of nitrogen functional groups attached to an aromatic ring is 1. The van der Waals surface area contributed by atoms with Crippen LogP contribution in [0.2, 0.25) is 0 Å². The minimum absolute atomic E-state index is 0.0785. The fourth-order valence-electron chi connectivity index (χ4n) is 3.89. The number of nitrogens with two attached hydrogens (primary N) is 1. The predicted molar refractivity (Wildman–Crippen MR) is 119 cm³/mol. The summed E-state index contributed by atoms with van der Waals surface area (Å²) in [6.45, 7) is 4.25. The Hall–Kier alpha value is -2.45. The van der Waals surface area contributed by atoms with E-state index in [0.717, 1.165) is 28.6 Å². The van der Waals surface area contributed by atoms with E-state index in [1.807, 2.05) is 19.1 Å². The maximum Gasteiger partial charge on any atom is 0.258 e. The van der Waals surface area contributed by atoms with Crippen molar-refractivity contribution in [1.82, 2.24) is 19.4 Å². The van der Waals surface area contributed by atoms with Crippen molar-refractivity contribution in [1.29, 1.82) is 0 Å². The van der Waals surface area contributed by atoms with Gasteiger partial charge in [-0.1, -0.05) is 24.8 Å². The summed E-state index contributed by atoms with van der Waals surface area (Å²) in [7, 11) is 0. The minimum Gasteiger partial charge on any atom is -0.383 e. The summed E-state index contributed by atoms with van der Waals surface area (Å²) >= 11 is 3.21. The highest BCUT2D eigenvalue weighted by Crippen LogP contribution is 2.40. The molecule has 0 saturated carbocycles. The standard InChI is InChI=1S/C21H21N5OS2/c1-11-3-5-14-15(7-11)29-20-18(14)19(22)24-21(25-20)28-10-13-8-17(27)26-9-12(2)4-6-16(26)23-13/h4,6,8-9,11H,3,5,7,10H2,1-2H3,(H2,22,24,25). The van der Waals surface area contributed by atoms with Gasteiger partial charge in [0.1, 0.15) is 16.3 Å². The van der Waals surface area contributed by atoms with Gasteiger partial charge in [-0.15, -0.1) is 11.3 Å². The highest BCUT2D eigenvalue weighted by Gasteiger charge is 2.23. The summed E-state index contributed by atoms with van der Waals surface area (Å²) in [4.78, 5) is 28.7. The zero-order chi connectivity index (χ0) is 20.1. The van der Waals surface area contributed by atoms with Gasteiger partial charge in [-0.2, -0.15) is 0 Å². The molecule has 1 aliphatic rings. The monoisotopic (exact) mass is 423 g/mol. The van der Waals surface area contributed by atoms with E-state index in [-0.39, 0.29) is 5.56 Å². The second kappa shape index (κ2) is 7.11. The van der Waals surface area contributed by atoms with Gasteiger partial charge >= 0.3 is 0 Å². The summed E-state index contributed by atoms with van der Waals surface area (Å²) in [5.74, 6) is 1.79. The van der Waals surface area contributed by atoms with E-state index in [1.54, 1.807) is 28.0 Å². The first-order valence-corrected chi connectivity index (χ1v) is 11.5. The third-order valence-electron chi connectivity index (χ3n) is 5.37. The lowest BCUT2D eigenvalue weighted by molar-refractivity contribution is 0.509. The molecule has 0 radical (unpaired) electrons. The van der Waals surface area contributed by atoms with Crippen molar-refractivity contribution in [3.8, 4) is 0 Å². The molecule has 4 heterocycles. The van der Waals surface area contributed by atoms with E-state index in [1.165, 1.54) is 28.6 Å². The van der Waals surface area contributed by atoms with Gasteiger partial charge in [0.05, 0.1) is 11.1 Å². The van der Waals surface area contributed by atoms with Crippen molar-refractivity contribution in [2.75, 3.05) is 5.73 Å². The summed E-state index contributed by atoms with van der Waals surface area (Å²) in [5.41, 5.74) is 9.96. The number of anilines is 1. The molecule has 4 aromatic rings. The lowest BCUT2D eigenvalue weighted by Crippen LogP contribution is -2.15. The number of hydrogen-bond donors (Lipinski definition) is 1. The van der Waals surface area contributed by atoms with Gasteiger partial charge in [-0.3, -0.25) is 9.20 Å². The third-order valence-corrected chi connectivity index (χ3v) is 7.40. The van der Waals surface area contributed by atoms with Gasteiger partial charge in [0, 0.05) is 22.9 Å². The average Bonchev–Trinajstić information content (AvgIpc) is 3.04. The average molecular weight is 424 g/mol. The largest absolute Gasteiger partial charge is 0.383 e. The van der Waals surface area contributed by atoms with Crippen LogP contribution in [0, 0.1) is 12.8 Å². The van der Waals surface area contributed by atoms with Crippen LogP contribution in [0.15, 0.2) is 34.3 Å². The summed E-state index contributed by atoms with van der Waals surface area (Å²) in [6.07, 6.45) is 5.15. The fourth-order valence-corrected chi connectivity index (χ4v) is 6.08. The second-order valence-electron chi connectivity index (χ2n) is 7.73. The van der Waals surface area contributed by atoms with Crippen molar-refractivity contribution in [2.45, 2.75) is 44.0 Å². The predicted octanol–water partition coefficient (Wildman–Crippen LogP) is 4.01. The van der Waals surface area contributed by atoms with Crippen molar-refractivity contribution in [3.05, 3.63) is 56.4 Å². The second-order valence-corrected chi connectivity index (χ2v) is 9.76. The molecule has 148 valence electrons. The molecule has 5 rings (SSSR count). The SMILES string of the molecule is Cc1ccc2nc(CSc3nc(N)c4c5c(sc4n3)CC(C)CC5)cc(=O)n2c1. The van der Waals surface area contributed by atoms with Crippen LogP contribution in [0.25, 0.3) is 15.9 Å². The maximum absolute atomic E-state index is 12.4. The highest BCUT2D eigenvalue weighted by molar-refractivity contribution is 7.98. The molecule has 0 bridgehead atoms. The van der Waals surface area contributed by atoms with Crippen LogP contribution in [0.5, 0.6) is 0 Å². The normalized spacial score (nSPS) is 16.4. The van der Waals surface area contributed by atoms with Crippen LogP contribution in [0.1, 0.15) is 35.0 Å². The number of aromatic nitrogens is 4. The molecule has 0 amide bonds. The molecule has 29 heavy (non-hydrogen) atoms. The Morgan fingerprint density at radius 2 is 2.17 bits per heavy atom. The van der Waals surface area contributed by atoms with Crippen LogP contribution in [0.4, 0.5) is 5.82 Å². The van der Waals surface area contributed by atoms with Gasteiger partial charge < -0.3 is 5.73 Å². The number of rotatable bonds is 3. The van der Waals surface area contributed by atoms with Crippen molar-refractivity contribution >= 4 is 44.8 Å². The van der Waals surface area contributed by atoms with E-state index in [9.17, 15) is 4.79 Å². The zero-order valence-electron chi connectivity index (χ0n) is 16.3. The molecular formula is C21H21N5OS2. The molecule has 6 nitrogen and oxygen atoms in total. The van der Waals surface area contributed by atoms with Gasteiger partial charge in [-0.05, 0) is 49.3 Å². The Balaban J connectivity index is 1.44. The molecule has 4 aromatic heterocycles. The quantitative estimate of drug-likeness (QED) is 0.396. The van der Waals surface area contributed by atoms with E-state index < -0.39 is 0 Å². The van der Waals surface area contributed by atoms with Crippen LogP contribution in [-0.4, -0.2) is 19.4 Å². The number of thiophene rings is 1. The molecule has 1 unspecified atom stereocenters. The van der Waals surface area contributed by atoms with Gasteiger partial charge in [-0.25, -0.2) is 15.0 Å². The van der Waals surface area contributed by atoms with Crippen molar-refractivity contribution < 1.29 is 0 Å². The van der Waals surface area contributed by atoms with E-state index >= 15 is 0 Å². The Labute approximate surface area is 176 Å². The zero-order valence-corrected chi connectivity index (χ0v) is 17.9. The van der Waals surface area contributed by atoms with Crippen LogP contribution >= 0.6 is 23.1 Å².